The number of rotatable bonds is 2. The monoisotopic (exact) mass is 168 g/mol. The zero-order valence-electron chi connectivity index (χ0n) is 6.77. The van der Waals surface area contributed by atoms with Crippen molar-refractivity contribution in [1.82, 2.24) is 4.98 Å². The maximum Gasteiger partial charge on any atom is 0.314 e. The van der Waals surface area contributed by atoms with Crippen LogP contribution in [0.1, 0.15) is 5.69 Å². The van der Waals surface area contributed by atoms with E-state index in [1.54, 1.807) is 6.92 Å². The average Bonchev–Trinajstić information content (AvgIpc) is 2.03. The van der Waals surface area contributed by atoms with Crippen LogP contribution in [0.3, 0.4) is 0 Å². The van der Waals surface area contributed by atoms with Crippen molar-refractivity contribution < 1.29 is 9.66 Å². The highest BCUT2D eigenvalue weighted by Crippen LogP contribution is 2.27. The highest BCUT2D eigenvalue weighted by Gasteiger charge is 2.16. The van der Waals surface area contributed by atoms with Gasteiger partial charge >= 0.3 is 5.69 Å². The van der Waals surface area contributed by atoms with E-state index in [1.165, 1.54) is 19.4 Å². The number of pyridine rings is 1. The van der Waals surface area contributed by atoms with Gasteiger partial charge in [-0.2, -0.15) is 0 Å². The minimum Gasteiger partial charge on any atom is -0.489 e. The van der Waals surface area contributed by atoms with E-state index in [9.17, 15) is 10.1 Å². The Morgan fingerprint density at radius 2 is 2.33 bits per heavy atom. The SMILES string of the molecule is COc1c([N+](=O)[O-])ccnc1C. The van der Waals surface area contributed by atoms with E-state index in [-0.39, 0.29) is 11.4 Å². The molecule has 0 aromatic carbocycles. The van der Waals surface area contributed by atoms with E-state index in [2.05, 4.69) is 4.98 Å². The van der Waals surface area contributed by atoms with Crippen LogP contribution in [0.15, 0.2) is 12.3 Å². The number of hydrogen-bond donors (Lipinski definition) is 0. The third kappa shape index (κ3) is 1.34. The molecule has 0 aliphatic heterocycles. The van der Waals surface area contributed by atoms with Gasteiger partial charge in [0.1, 0.15) is 0 Å². The van der Waals surface area contributed by atoms with Gasteiger partial charge in [0, 0.05) is 12.3 Å². The average molecular weight is 168 g/mol. The lowest BCUT2D eigenvalue weighted by atomic mass is 10.3. The highest BCUT2D eigenvalue weighted by molar-refractivity contribution is 5.47. The summed E-state index contributed by atoms with van der Waals surface area (Å²) in [5, 5.41) is 10.4. The van der Waals surface area contributed by atoms with Gasteiger partial charge in [-0.1, -0.05) is 0 Å². The van der Waals surface area contributed by atoms with Crippen LogP contribution in [-0.4, -0.2) is 17.0 Å². The summed E-state index contributed by atoms with van der Waals surface area (Å²) in [6.07, 6.45) is 1.38. The quantitative estimate of drug-likeness (QED) is 0.493. The Morgan fingerprint density at radius 3 is 2.75 bits per heavy atom. The van der Waals surface area contributed by atoms with Crippen molar-refractivity contribution in [3.8, 4) is 5.75 Å². The van der Waals surface area contributed by atoms with Crippen molar-refractivity contribution in [1.29, 1.82) is 0 Å². The predicted molar refractivity (Wildman–Crippen MR) is 42.2 cm³/mol. The second kappa shape index (κ2) is 3.17. The summed E-state index contributed by atoms with van der Waals surface area (Å²) in [5.74, 6) is 0.225. The molecule has 0 unspecified atom stereocenters. The molecule has 0 fully saturated rings. The van der Waals surface area contributed by atoms with Gasteiger partial charge in [0.05, 0.1) is 17.7 Å². The molecule has 0 bridgehead atoms. The van der Waals surface area contributed by atoms with Gasteiger partial charge < -0.3 is 4.74 Å². The molecule has 1 aromatic rings. The number of nitrogens with zero attached hydrogens (tertiary/aromatic N) is 2. The molecule has 0 atom stereocenters. The molecule has 12 heavy (non-hydrogen) atoms. The van der Waals surface area contributed by atoms with E-state index in [0.29, 0.717) is 5.69 Å². The highest BCUT2D eigenvalue weighted by atomic mass is 16.6. The summed E-state index contributed by atoms with van der Waals surface area (Å²) in [6.45, 7) is 1.66. The maximum atomic E-state index is 10.4. The Hall–Kier alpha value is -1.65. The first-order valence-electron chi connectivity index (χ1n) is 3.30. The summed E-state index contributed by atoms with van der Waals surface area (Å²) in [5.41, 5.74) is 0.469. The lowest BCUT2D eigenvalue weighted by molar-refractivity contribution is -0.385. The molecule has 0 aliphatic carbocycles. The molecule has 1 rings (SSSR count). The Morgan fingerprint density at radius 1 is 1.67 bits per heavy atom. The molecule has 0 saturated carbocycles. The van der Waals surface area contributed by atoms with Gasteiger partial charge in [-0.05, 0) is 6.92 Å². The van der Waals surface area contributed by atoms with Crippen LogP contribution in [0.2, 0.25) is 0 Å². The number of aromatic nitrogens is 1. The molecule has 0 N–H and O–H groups in total. The summed E-state index contributed by atoms with van der Waals surface area (Å²) in [4.78, 5) is 13.8. The van der Waals surface area contributed by atoms with E-state index in [4.69, 9.17) is 4.74 Å². The Balaban J connectivity index is 3.27. The van der Waals surface area contributed by atoms with Gasteiger partial charge in [-0.15, -0.1) is 0 Å². The molecular weight excluding hydrogens is 160 g/mol. The number of ether oxygens (including phenoxy) is 1. The summed E-state index contributed by atoms with van der Waals surface area (Å²) in [7, 11) is 1.39. The zero-order chi connectivity index (χ0) is 9.14. The lowest BCUT2D eigenvalue weighted by Gasteiger charge is -2.02. The van der Waals surface area contributed by atoms with E-state index in [1.807, 2.05) is 0 Å². The molecular formula is C7H8N2O3. The van der Waals surface area contributed by atoms with Crippen LogP contribution in [-0.2, 0) is 0 Å². The molecule has 0 aliphatic rings. The molecule has 1 aromatic heterocycles. The van der Waals surface area contributed by atoms with Crippen molar-refractivity contribution in [3.05, 3.63) is 28.1 Å². The van der Waals surface area contributed by atoms with Crippen LogP contribution in [0.5, 0.6) is 5.75 Å². The second-order valence-electron chi connectivity index (χ2n) is 2.21. The topological polar surface area (TPSA) is 65.3 Å². The number of hydrogen-bond acceptors (Lipinski definition) is 4. The van der Waals surface area contributed by atoms with Crippen molar-refractivity contribution in [2.45, 2.75) is 6.92 Å². The molecule has 5 heteroatoms. The van der Waals surface area contributed by atoms with Gasteiger partial charge in [0.2, 0.25) is 5.75 Å². The summed E-state index contributed by atoms with van der Waals surface area (Å²) < 4.78 is 4.83. The van der Waals surface area contributed by atoms with Crippen molar-refractivity contribution in [2.24, 2.45) is 0 Å². The molecule has 1 heterocycles. The third-order valence-electron chi connectivity index (χ3n) is 1.46. The van der Waals surface area contributed by atoms with Gasteiger partial charge in [0.25, 0.3) is 0 Å². The molecule has 0 spiro atoms. The zero-order valence-corrected chi connectivity index (χ0v) is 6.77. The third-order valence-corrected chi connectivity index (χ3v) is 1.46. The predicted octanol–water partition coefficient (Wildman–Crippen LogP) is 1.31. The molecule has 64 valence electrons. The fourth-order valence-electron chi connectivity index (χ4n) is 0.935. The van der Waals surface area contributed by atoms with E-state index >= 15 is 0 Å². The van der Waals surface area contributed by atoms with Gasteiger partial charge in [0.15, 0.2) is 0 Å². The van der Waals surface area contributed by atoms with Crippen LogP contribution in [0, 0.1) is 17.0 Å². The first kappa shape index (κ1) is 8.45. The van der Waals surface area contributed by atoms with Gasteiger partial charge in [-0.3, -0.25) is 15.1 Å². The van der Waals surface area contributed by atoms with Crippen LogP contribution in [0.25, 0.3) is 0 Å². The molecule has 0 saturated heterocycles. The smallest absolute Gasteiger partial charge is 0.314 e. The van der Waals surface area contributed by atoms with Crippen molar-refractivity contribution >= 4 is 5.69 Å². The summed E-state index contributed by atoms with van der Waals surface area (Å²) >= 11 is 0. The lowest BCUT2D eigenvalue weighted by Crippen LogP contribution is -1.96. The fraction of sp³-hybridized carbons (Fsp3) is 0.286. The number of methoxy groups -OCH3 is 1. The van der Waals surface area contributed by atoms with Crippen molar-refractivity contribution in [3.63, 3.8) is 0 Å². The van der Waals surface area contributed by atoms with Crippen LogP contribution in [0.4, 0.5) is 5.69 Å². The van der Waals surface area contributed by atoms with Crippen LogP contribution >= 0.6 is 0 Å². The maximum absolute atomic E-state index is 10.4. The van der Waals surface area contributed by atoms with E-state index < -0.39 is 4.92 Å². The second-order valence-corrected chi connectivity index (χ2v) is 2.21. The van der Waals surface area contributed by atoms with E-state index in [0.717, 1.165) is 0 Å². The Labute approximate surface area is 69.1 Å². The number of aryl methyl sites for hydroxylation is 1. The normalized spacial score (nSPS) is 9.50. The minimum atomic E-state index is -0.493. The minimum absolute atomic E-state index is 0.0509. The Bertz CT molecular complexity index is 312. The van der Waals surface area contributed by atoms with Gasteiger partial charge in [-0.25, -0.2) is 0 Å². The fourth-order valence-corrected chi connectivity index (χ4v) is 0.935. The first-order chi connectivity index (χ1) is 5.66. The molecule has 0 amide bonds. The number of nitro groups is 1. The molecule has 0 radical (unpaired) electrons. The van der Waals surface area contributed by atoms with Crippen molar-refractivity contribution in [2.75, 3.05) is 7.11 Å². The first-order valence-corrected chi connectivity index (χ1v) is 3.30. The largest absolute Gasteiger partial charge is 0.489 e. The Kier molecular flexibility index (Phi) is 2.23. The standard InChI is InChI=1S/C7H8N2O3/c1-5-7(12-2)6(9(10)11)3-4-8-5/h3-4H,1-2H3. The van der Waals surface area contributed by atoms with Crippen LogP contribution < -0.4 is 4.74 Å². The summed E-state index contributed by atoms with van der Waals surface area (Å²) in [6, 6.07) is 1.31. The molecule has 5 nitrogen and oxygen atoms in total.